The Labute approximate surface area is 176 Å². The molecular formula is C20H31ClN4O2S. The highest BCUT2D eigenvalue weighted by Crippen LogP contribution is 2.39. The Morgan fingerprint density at radius 3 is 2.46 bits per heavy atom. The highest BCUT2D eigenvalue weighted by atomic mass is 35.5. The van der Waals surface area contributed by atoms with Crippen molar-refractivity contribution in [3.63, 3.8) is 0 Å². The second-order valence-electron chi connectivity index (χ2n) is 8.77. The topological polar surface area (TPSA) is 75.6 Å². The molecule has 28 heavy (non-hydrogen) atoms. The van der Waals surface area contributed by atoms with Crippen molar-refractivity contribution in [2.75, 3.05) is 44.2 Å². The van der Waals surface area contributed by atoms with E-state index in [-0.39, 0.29) is 11.4 Å². The molecule has 2 heterocycles. The molecule has 0 saturated carbocycles. The number of hydrogen-bond donors (Lipinski definition) is 3. The molecule has 0 atom stereocenters. The zero-order valence-corrected chi connectivity index (χ0v) is 18.7. The van der Waals surface area contributed by atoms with Crippen LogP contribution in [0.25, 0.3) is 11.0 Å². The smallest absolute Gasteiger partial charge is 0.166 e. The van der Waals surface area contributed by atoms with Crippen molar-refractivity contribution >= 4 is 40.1 Å². The number of aliphatic hydroxyl groups excluding tert-OH is 1. The first kappa shape index (κ1) is 21.7. The first-order valence-corrected chi connectivity index (χ1v) is 10.9. The quantitative estimate of drug-likeness (QED) is 0.589. The molecule has 0 amide bonds. The van der Waals surface area contributed by atoms with Crippen molar-refractivity contribution in [3.05, 3.63) is 17.2 Å². The van der Waals surface area contributed by atoms with E-state index in [0.29, 0.717) is 6.42 Å². The van der Waals surface area contributed by atoms with Crippen molar-refractivity contribution in [2.45, 2.75) is 49.6 Å². The minimum absolute atomic E-state index is 0.151. The number of imidazole rings is 1. The molecule has 0 unspecified atom stereocenters. The molecule has 0 bridgehead atoms. The van der Waals surface area contributed by atoms with E-state index in [1.165, 1.54) is 0 Å². The van der Waals surface area contributed by atoms with Crippen LogP contribution in [-0.2, 0) is 0 Å². The Hall–Kier alpha value is -0.990. The molecular weight excluding hydrogens is 396 g/mol. The van der Waals surface area contributed by atoms with E-state index in [1.54, 1.807) is 11.8 Å². The number of aromatic nitrogens is 2. The maximum absolute atomic E-state index is 10.2. The normalized spacial score (nSPS) is 16.9. The van der Waals surface area contributed by atoms with Crippen molar-refractivity contribution in [1.82, 2.24) is 14.9 Å². The number of nitrogens with one attached hydrogen (secondary N) is 1. The van der Waals surface area contributed by atoms with Crippen LogP contribution in [0.5, 0.6) is 0 Å². The minimum Gasteiger partial charge on any atom is -0.395 e. The number of thioether (sulfide) groups is 1. The molecule has 1 saturated heterocycles. The van der Waals surface area contributed by atoms with E-state index < -0.39 is 5.60 Å². The lowest BCUT2D eigenvalue weighted by molar-refractivity contribution is 0.0629. The van der Waals surface area contributed by atoms with Crippen molar-refractivity contribution in [2.24, 2.45) is 0 Å². The average Bonchev–Trinajstić information content (AvgIpc) is 2.93. The molecule has 0 aliphatic carbocycles. The fourth-order valence-electron chi connectivity index (χ4n) is 3.98. The number of rotatable bonds is 7. The zero-order valence-electron chi connectivity index (χ0n) is 17.1. The molecule has 6 nitrogen and oxygen atoms in total. The van der Waals surface area contributed by atoms with Gasteiger partial charge in [-0.2, -0.15) is 0 Å². The number of hydrogen-bond acceptors (Lipinski definition) is 6. The third-order valence-corrected chi connectivity index (χ3v) is 6.28. The number of nitrogens with zero attached hydrogens (tertiary/aromatic N) is 3. The first-order chi connectivity index (χ1) is 13.1. The van der Waals surface area contributed by atoms with Gasteiger partial charge in [0.15, 0.2) is 5.16 Å². The minimum atomic E-state index is -0.725. The van der Waals surface area contributed by atoms with Crippen molar-refractivity contribution in [3.8, 4) is 0 Å². The number of benzene rings is 1. The van der Waals surface area contributed by atoms with Crippen LogP contribution in [0, 0.1) is 0 Å². The van der Waals surface area contributed by atoms with Crippen LogP contribution in [0.15, 0.2) is 17.3 Å². The zero-order chi connectivity index (χ0) is 20.5. The summed E-state index contributed by atoms with van der Waals surface area (Å²) < 4.78 is -0.151. The van der Waals surface area contributed by atoms with E-state index in [1.807, 2.05) is 19.9 Å². The number of anilines is 1. The van der Waals surface area contributed by atoms with E-state index in [2.05, 4.69) is 34.7 Å². The fraction of sp³-hybridized carbons (Fsp3) is 0.650. The maximum Gasteiger partial charge on any atom is 0.166 e. The predicted molar refractivity (Wildman–Crippen MR) is 118 cm³/mol. The Bertz CT molecular complexity index is 810. The lowest BCUT2D eigenvalue weighted by Gasteiger charge is -2.36. The maximum atomic E-state index is 10.2. The molecule has 1 aromatic carbocycles. The summed E-state index contributed by atoms with van der Waals surface area (Å²) >= 11 is 8.22. The van der Waals surface area contributed by atoms with Crippen LogP contribution in [0.1, 0.15) is 34.1 Å². The van der Waals surface area contributed by atoms with Crippen LogP contribution in [0.3, 0.4) is 0 Å². The predicted octanol–water partition coefficient (Wildman–Crippen LogP) is 3.36. The van der Waals surface area contributed by atoms with Crippen LogP contribution in [0.4, 0.5) is 5.69 Å². The number of H-pyrrole nitrogens is 1. The van der Waals surface area contributed by atoms with Gasteiger partial charge in [-0.1, -0.05) is 37.2 Å². The van der Waals surface area contributed by atoms with Gasteiger partial charge in [-0.25, -0.2) is 4.98 Å². The molecule has 2 aromatic rings. The van der Waals surface area contributed by atoms with Gasteiger partial charge in [0.2, 0.25) is 0 Å². The third-order valence-electron chi connectivity index (χ3n) is 4.89. The summed E-state index contributed by atoms with van der Waals surface area (Å²) in [5, 5.41) is 20.8. The van der Waals surface area contributed by atoms with Gasteiger partial charge < -0.3 is 20.1 Å². The summed E-state index contributed by atoms with van der Waals surface area (Å²) in [6.45, 7) is 12.4. The van der Waals surface area contributed by atoms with E-state index >= 15 is 0 Å². The molecule has 3 N–H and O–H groups in total. The third kappa shape index (κ3) is 5.54. The van der Waals surface area contributed by atoms with Gasteiger partial charge in [-0.3, -0.25) is 4.90 Å². The molecule has 1 fully saturated rings. The summed E-state index contributed by atoms with van der Waals surface area (Å²) in [4.78, 5) is 12.7. The Kier molecular flexibility index (Phi) is 6.51. The molecule has 156 valence electrons. The summed E-state index contributed by atoms with van der Waals surface area (Å²) in [5.41, 5.74) is 2.11. The van der Waals surface area contributed by atoms with Gasteiger partial charge in [0.05, 0.1) is 34.0 Å². The summed E-state index contributed by atoms with van der Waals surface area (Å²) in [5.74, 6) is 0. The van der Waals surface area contributed by atoms with Crippen molar-refractivity contribution in [1.29, 1.82) is 0 Å². The van der Waals surface area contributed by atoms with Gasteiger partial charge in [0.25, 0.3) is 0 Å². The highest BCUT2D eigenvalue weighted by molar-refractivity contribution is 8.00. The van der Waals surface area contributed by atoms with Crippen LogP contribution < -0.4 is 4.90 Å². The van der Waals surface area contributed by atoms with Crippen LogP contribution in [-0.4, -0.2) is 74.8 Å². The standard InChI is InChI=1S/C20H31ClN4O2S/c1-19(2,27)13-20(3,4)28-18-22-15-11-14(21)17(12-16(15)23-18)25-7-5-24(6-8-25)9-10-26/h11-12,26-27H,5-10,13H2,1-4H3,(H,22,23). The monoisotopic (exact) mass is 426 g/mol. The fourth-order valence-corrected chi connectivity index (χ4v) is 5.52. The first-order valence-electron chi connectivity index (χ1n) is 9.75. The molecule has 1 aliphatic heterocycles. The van der Waals surface area contributed by atoms with E-state index in [4.69, 9.17) is 21.7 Å². The van der Waals surface area contributed by atoms with Crippen LogP contribution >= 0.6 is 23.4 Å². The summed E-state index contributed by atoms with van der Waals surface area (Å²) in [6.07, 6.45) is 0.659. The number of fused-ring (bicyclic) bond motifs is 1. The average molecular weight is 427 g/mol. The summed E-state index contributed by atoms with van der Waals surface area (Å²) in [7, 11) is 0. The Balaban J connectivity index is 1.77. The van der Waals surface area contributed by atoms with Gasteiger partial charge in [-0.05, 0) is 32.4 Å². The lowest BCUT2D eigenvalue weighted by Crippen LogP contribution is -2.47. The molecule has 3 rings (SSSR count). The van der Waals surface area contributed by atoms with Gasteiger partial charge in [-0.15, -0.1) is 0 Å². The van der Waals surface area contributed by atoms with E-state index in [0.717, 1.165) is 59.6 Å². The Morgan fingerprint density at radius 2 is 1.86 bits per heavy atom. The number of aliphatic hydroxyl groups is 2. The Morgan fingerprint density at radius 1 is 1.18 bits per heavy atom. The SMILES string of the molecule is CC(C)(O)CC(C)(C)Sc1nc2cc(N3CCN(CCO)CC3)c(Cl)cc2[nH]1. The number of β-amino-alcohol motifs (C(OH)–C–C–N with tert-alkyl or cyclic N) is 1. The molecule has 8 heteroatoms. The second kappa shape index (κ2) is 8.40. The molecule has 1 aromatic heterocycles. The van der Waals surface area contributed by atoms with Gasteiger partial charge in [0.1, 0.15) is 0 Å². The number of piperazine rings is 1. The van der Waals surface area contributed by atoms with Gasteiger partial charge >= 0.3 is 0 Å². The molecule has 1 aliphatic rings. The highest BCUT2D eigenvalue weighted by Gasteiger charge is 2.29. The summed E-state index contributed by atoms with van der Waals surface area (Å²) in [6, 6.07) is 4.01. The number of aromatic amines is 1. The van der Waals surface area contributed by atoms with Gasteiger partial charge in [0, 0.05) is 37.5 Å². The largest absolute Gasteiger partial charge is 0.395 e. The van der Waals surface area contributed by atoms with E-state index in [9.17, 15) is 5.11 Å². The van der Waals surface area contributed by atoms with Crippen LogP contribution in [0.2, 0.25) is 5.02 Å². The van der Waals surface area contributed by atoms with Crippen molar-refractivity contribution < 1.29 is 10.2 Å². The number of halogens is 1. The molecule has 0 spiro atoms. The second-order valence-corrected chi connectivity index (χ2v) is 10.9. The lowest BCUT2D eigenvalue weighted by atomic mass is 9.96. The molecule has 0 radical (unpaired) electrons.